The molecule has 62 valence electrons. The predicted octanol–water partition coefficient (Wildman–Crippen LogP) is 4.06. The summed E-state index contributed by atoms with van der Waals surface area (Å²) in [6.07, 6.45) is 0. The topological polar surface area (TPSA) is 0 Å². The van der Waals surface area contributed by atoms with Gasteiger partial charge in [-0.15, -0.1) is 24.0 Å². The Balaban J connectivity index is 0.000000720. The van der Waals surface area contributed by atoms with Crippen LogP contribution in [0.2, 0.25) is 0 Å². The van der Waals surface area contributed by atoms with Gasteiger partial charge in [0.25, 0.3) is 0 Å². The van der Waals surface area contributed by atoms with Crippen molar-refractivity contribution in [3.05, 3.63) is 46.0 Å². The minimum atomic E-state index is 0. The maximum atomic E-state index is 2.33. The molecule has 0 radical (unpaired) electrons. The van der Waals surface area contributed by atoms with Gasteiger partial charge in [-0.05, 0) is 45.5 Å². The second kappa shape index (κ2) is 4.41. The lowest BCUT2D eigenvalue weighted by Crippen LogP contribution is -1.72. The van der Waals surface area contributed by atoms with Gasteiger partial charge in [0.05, 0.1) is 0 Å². The Morgan fingerprint density at radius 2 is 1.50 bits per heavy atom. The second-order valence-corrected chi connectivity index (χ2v) is 3.74. The van der Waals surface area contributed by atoms with Crippen LogP contribution in [-0.2, 0) is 0 Å². The van der Waals surface area contributed by atoms with E-state index >= 15 is 0 Å². The van der Waals surface area contributed by atoms with Crippen molar-refractivity contribution in [3.8, 4) is 0 Å². The van der Waals surface area contributed by atoms with E-state index in [4.69, 9.17) is 0 Å². The van der Waals surface area contributed by atoms with Gasteiger partial charge in [0.1, 0.15) is 0 Å². The molecule has 0 bridgehead atoms. The van der Waals surface area contributed by atoms with Crippen LogP contribution in [0.5, 0.6) is 0 Å². The Morgan fingerprint density at radius 1 is 0.833 bits per heavy atom. The van der Waals surface area contributed by atoms with Crippen LogP contribution in [0.15, 0.2) is 42.5 Å². The lowest BCUT2D eigenvalue weighted by molar-refractivity contribution is 1.70. The van der Waals surface area contributed by atoms with E-state index in [1.54, 1.807) is 0 Å². The van der Waals surface area contributed by atoms with Gasteiger partial charge in [0.2, 0.25) is 0 Å². The first-order valence-corrected chi connectivity index (χ1v) is 4.58. The molecule has 0 fully saturated rings. The van der Waals surface area contributed by atoms with Gasteiger partial charge in [-0.2, -0.15) is 0 Å². The first-order valence-electron chi connectivity index (χ1n) is 3.50. The van der Waals surface area contributed by atoms with Crippen molar-refractivity contribution in [1.82, 2.24) is 0 Å². The molecule has 0 aliphatic rings. The maximum absolute atomic E-state index is 2.33. The third-order valence-corrected chi connectivity index (χ3v) is 2.38. The van der Waals surface area contributed by atoms with Crippen molar-refractivity contribution in [1.29, 1.82) is 0 Å². The molecule has 0 atom stereocenters. The summed E-state index contributed by atoms with van der Waals surface area (Å²) in [6, 6.07) is 14.9. The summed E-state index contributed by atoms with van der Waals surface area (Å²) in [6.45, 7) is 0. The number of benzene rings is 2. The Kier molecular flexibility index (Phi) is 3.77. The lowest BCUT2D eigenvalue weighted by atomic mass is 10.1. The van der Waals surface area contributed by atoms with E-state index in [1.165, 1.54) is 14.3 Å². The standard InChI is InChI=1S/C10H7I.HI/c11-10-6-5-8-3-1-2-4-9(8)7-10;/h1-7H;1H. The predicted molar refractivity (Wildman–Crippen MR) is 72.1 cm³/mol. The van der Waals surface area contributed by atoms with E-state index in [-0.39, 0.29) is 24.0 Å². The fraction of sp³-hybridized carbons (Fsp3) is 0. The van der Waals surface area contributed by atoms with Crippen LogP contribution >= 0.6 is 46.6 Å². The van der Waals surface area contributed by atoms with E-state index in [1.807, 2.05) is 0 Å². The van der Waals surface area contributed by atoms with E-state index in [0.29, 0.717) is 0 Å². The maximum Gasteiger partial charge on any atom is 0.0136 e. The zero-order valence-electron chi connectivity index (χ0n) is 6.33. The van der Waals surface area contributed by atoms with Crippen LogP contribution in [0.4, 0.5) is 0 Å². The molecule has 0 aromatic heterocycles. The monoisotopic (exact) mass is 382 g/mol. The summed E-state index contributed by atoms with van der Waals surface area (Å²) in [5, 5.41) is 2.63. The highest BCUT2D eigenvalue weighted by molar-refractivity contribution is 14.1. The van der Waals surface area contributed by atoms with Gasteiger partial charge >= 0.3 is 0 Å². The van der Waals surface area contributed by atoms with Crippen molar-refractivity contribution >= 4 is 57.3 Å². The normalized spacial score (nSPS) is 9.42. The Hall–Kier alpha value is 0.160. The first-order chi connectivity index (χ1) is 5.36. The highest BCUT2D eigenvalue weighted by Gasteiger charge is 1.90. The molecule has 0 amide bonds. The number of fused-ring (bicyclic) bond motifs is 1. The quantitative estimate of drug-likeness (QED) is 0.603. The van der Waals surface area contributed by atoms with Crippen molar-refractivity contribution in [2.75, 3.05) is 0 Å². The van der Waals surface area contributed by atoms with Crippen molar-refractivity contribution in [2.24, 2.45) is 0 Å². The minimum absolute atomic E-state index is 0. The van der Waals surface area contributed by atoms with Gasteiger partial charge in [-0.1, -0.05) is 30.3 Å². The van der Waals surface area contributed by atoms with Gasteiger partial charge < -0.3 is 0 Å². The van der Waals surface area contributed by atoms with E-state index in [2.05, 4.69) is 65.1 Å². The highest BCUT2D eigenvalue weighted by atomic mass is 127. The number of hydrogen-bond acceptors (Lipinski definition) is 0. The molecule has 0 N–H and O–H groups in total. The van der Waals surface area contributed by atoms with Crippen LogP contribution in [-0.4, -0.2) is 0 Å². The number of halogens is 2. The van der Waals surface area contributed by atoms with Crippen molar-refractivity contribution in [2.45, 2.75) is 0 Å². The molecule has 0 nitrogen and oxygen atoms in total. The molecule has 0 saturated carbocycles. The van der Waals surface area contributed by atoms with Crippen LogP contribution < -0.4 is 0 Å². The highest BCUT2D eigenvalue weighted by Crippen LogP contribution is 2.16. The molecular formula is C10H8I2. The Bertz CT molecular complexity index is 382. The molecule has 0 spiro atoms. The van der Waals surface area contributed by atoms with Crippen molar-refractivity contribution in [3.63, 3.8) is 0 Å². The zero-order valence-corrected chi connectivity index (χ0v) is 10.8. The third-order valence-electron chi connectivity index (χ3n) is 1.71. The summed E-state index contributed by atoms with van der Waals surface area (Å²) in [7, 11) is 0. The average molecular weight is 382 g/mol. The molecule has 2 rings (SSSR count). The summed E-state index contributed by atoms with van der Waals surface area (Å²) < 4.78 is 1.29. The summed E-state index contributed by atoms with van der Waals surface area (Å²) in [4.78, 5) is 0. The largest absolute Gasteiger partial charge is 0.107 e. The third kappa shape index (κ3) is 2.10. The van der Waals surface area contributed by atoms with Crippen LogP contribution in [0, 0.1) is 3.57 Å². The summed E-state index contributed by atoms with van der Waals surface area (Å²) in [5.74, 6) is 0. The molecule has 2 aromatic carbocycles. The van der Waals surface area contributed by atoms with Crippen LogP contribution in [0.1, 0.15) is 0 Å². The SMILES string of the molecule is I.Ic1ccc2ccccc2c1. The molecular weight excluding hydrogens is 374 g/mol. The van der Waals surface area contributed by atoms with Gasteiger partial charge in [-0.25, -0.2) is 0 Å². The van der Waals surface area contributed by atoms with Gasteiger partial charge in [-0.3, -0.25) is 0 Å². The molecule has 0 unspecified atom stereocenters. The minimum Gasteiger partial charge on any atom is -0.107 e. The van der Waals surface area contributed by atoms with Crippen LogP contribution in [0.25, 0.3) is 10.8 Å². The molecule has 0 aliphatic carbocycles. The van der Waals surface area contributed by atoms with Crippen LogP contribution in [0.3, 0.4) is 0 Å². The fourth-order valence-electron chi connectivity index (χ4n) is 1.16. The van der Waals surface area contributed by atoms with Crippen molar-refractivity contribution < 1.29 is 0 Å². The summed E-state index contributed by atoms with van der Waals surface area (Å²) >= 11 is 2.33. The molecule has 2 aromatic rings. The molecule has 0 heterocycles. The Labute approximate surface area is 103 Å². The first kappa shape index (κ1) is 10.2. The lowest BCUT2D eigenvalue weighted by Gasteiger charge is -1.95. The van der Waals surface area contributed by atoms with Gasteiger partial charge in [0, 0.05) is 3.57 Å². The van der Waals surface area contributed by atoms with E-state index in [0.717, 1.165) is 0 Å². The molecule has 12 heavy (non-hydrogen) atoms. The van der Waals surface area contributed by atoms with Gasteiger partial charge in [0.15, 0.2) is 0 Å². The second-order valence-electron chi connectivity index (χ2n) is 2.49. The van der Waals surface area contributed by atoms with E-state index < -0.39 is 0 Å². The molecule has 0 aliphatic heterocycles. The zero-order chi connectivity index (χ0) is 7.68. The van der Waals surface area contributed by atoms with E-state index in [9.17, 15) is 0 Å². The summed E-state index contributed by atoms with van der Waals surface area (Å²) in [5.41, 5.74) is 0. The smallest absolute Gasteiger partial charge is 0.0136 e. The Morgan fingerprint density at radius 3 is 2.25 bits per heavy atom. The molecule has 2 heteroatoms. The molecule has 0 saturated heterocycles. The number of hydrogen-bond donors (Lipinski definition) is 0. The average Bonchev–Trinajstić information content (AvgIpc) is 2.04. The fourth-order valence-corrected chi connectivity index (χ4v) is 1.68. The number of rotatable bonds is 0.